The van der Waals surface area contributed by atoms with Crippen LogP contribution in [0.3, 0.4) is 0 Å². The number of rotatable bonds is 6. The van der Waals surface area contributed by atoms with Crippen molar-refractivity contribution in [1.82, 2.24) is 0 Å². The molecule has 130 valence electrons. The fraction of sp³-hybridized carbons (Fsp3) is 0.500. The monoisotopic (exact) mass is 334 g/mol. The average molecular weight is 334 g/mol. The van der Waals surface area contributed by atoms with E-state index in [1.807, 2.05) is 13.8 Å². The highest BCUT2D eigenvalue weighted by atomic mass is 16.5. The van der Waals surface area contributed by atoms with Crippen molar-refractivity contribution in [2.75, 3.05) is 13.7 Å². The molecule has 1 aromatic rings. The van der Waals surface area contributed by atoms with Crippen molar-refractivity contribution in [3.63, 3.8) is 0 Å². The summed E-state index contributed by atoms with van der Waals surface area (Å²) >= 11 is 0. The molecule has 0 heterocycles. The number of fused-ring (bicyclic) bond motifs is 1. The number of carbonyl (C=O) groups excluding carboxylic acids is 3. The topological polar surface area (TPSA) is 78.9 Å². The lowest BCUT2D eigenvalue weighted by atomic mass is 9.80. The fourth-order valence-corrected chi connectivity index (χ4v) is 2.76. The zero-order valence-electron chi connectivity index (χ0n) is 14.4. The first-order valence-electron chi connectivity index (χ1n) is 8.01. The third kappa shape index (κ3) is 3.58. The average Bonchev–Trinajstić information content (AvgIpc) is 2.54. The molecule has 1 atom stereocenters. The Bertz CT molecular complexity index is 662. The van der Waals surface area contributed by atoms with E-state index < -0.39 is 17.7 Å². The van der Waals surface area contributed by atoms with E-state index in [1.54, 1.807) is 19.1 Å². The van der Waals surface area contributed by atoms with Crippen LogP contribution in [0.15, 0.2) is 12.1 Å². The molecule has 0 spiro atoms. The van der Waals surface area contributed by atoms with E-state index in [0.29, 0.717) is 23.5 Å². The molecule has 0 aliphatic heterocycles. The van der Waals surface area contributed by atoms with Crippen molar-refractivity contribution < 1.29 is 28.6 Å². The number of carbonyl (C=O) groups is 3. The van der Waals surface area contributed by atoms with Gasteiger partial charge in [-0.1, -0.05) is 0 Å². The molecular weight excluding hydrogens is 312 g/mol. The standard InChI is InChI=1S/C18H22O6/c1-5-23-18(21)17(20)12-7-6-11-8-14(22-4)15(24-10(2)3)9-13(11)16(12)19/h8-10,12H,5-7H2,1-4H3. The minimum Gasteiger partial charge on any atom is -0.493 e. The molecular formula is C18H22O6. The summed E-state index contributed by atoms with van der Waals surface area (Å²) in [6, 6.07) is 3.36. The molecule has 6 heteroatoms. The highest BCUT2D eigenvalue weighted by Crippen LogP contribution is 2.36. The summed E-state index contributed by atoms with van der Waals surface area (Å²) in [6.45, 7) is 5.46. The lowest BCUT2D eigenvalue weighted by Crippen LogP contribution is -2.35. The van der Waals surface area contributed by atoms with E-state index in [9.17, 15) is 14.4 Å². The number of methoxy groups -OCH3 is 1. The quantitative estimate of drug-likeness (QED) is 0.451. The lowest BCUT2D eigenvalue weighted by Gasteiger charge is -2.24. The van der Waals surface area contributed by atoms with Gasteiger partial charge >= 0.3 is 5.97 Å². The van der Waals surface area contributed by atoms with Crippen LogP contribution in [0.1, 0.15) is 43.1 Å². The van der Waals surface area contributed by atoms with Gasteiger partial charge in [0.25, 0.3) is 5.78 Å². The molecule has 0 fully saturated rings. The first-order chi connectivity index (χ1) is 11.4. The Balaban J connectivity index is 2.35. The van der Waals surface area contributed by atoms with Gasteiger partial charge in [-0.2, -0.15) is 0 Å². The van der Waals surface area contributed by atoms with Crippen LogP contribution < -0.4 is 9.47 Å². The number of ketones is 2. The maximum Gasteiger partial charge on any atom is 0.375 e. The van der Waals surface area contributed by atoms with Crippen molar-refractivity contribution in [3.05, 3.63) is 23.3 Å². The Morgan fingerprint density at radius 2 is 1.96 bits per heavy atom. The lowest BCUT2D eigenvalue weighted by molar-refractivity contribution is -0.154. The molecule has 0 saturated carbocycles. The van der Waals surface area contributed by atoms with Crippen LogP contribution in [-0.4, -0.2) is 37.4 Å². The predicted molar refractivity (Wildman–Crippen MR) is 86.5 cm³/mol. The van der Waals surface area contributed by atoms with Crippen LogP contribution in [0.5, 0.6) is 11.5 Å². The van der Waals surface area contributed by atoms with Crippen LogP contribution in [0.2, 0.25) is 0 Å². The fourth-order valence-electron chi connectivity index (χ4n) is 2.76. The second kappa shape index (κ2) is 7.47. The summed E-state index contributed by atoms with van der Waals surface area (Å²) in [7, 11) is 1.53. The summed E-state index contributed by atoms with van der Waals surface area (Å²) in [5, 5.41) is 0. The number of hydrogen-bond donors (Lipinski definition) is 0. The number of esters is 1. The predicted octanol–water partition coefficient (Wildman–Crippen LogP) is 2.36. The number of benzene rings is 1. The zero-order chi connectivity index (χ0) is 17.9. The molecule has 1 aliphatic rings. The highest BCUT2D eigenvalue weighted by Gasteiger charge is 2.37. The molecule has 6 nitrogen and oxygen atoms in total. The molecule has 1 aromatic carbocycles. The molecule has 1 unspecified atom stereocenters. The Morgan fingerprint density at radius 1 is 1.25 bits per heavy atom. The van der Waals surface area contributed by atoms with E-state index in [4.69, 9.17) is 14.2 Å². The van der Waals surface area contributed by atoms with Gasteiger partial charge in [-0.25, -0.2) is 4.79 Å². The SMILES string of the molecule is CCOC(=O)C(=O)C1CCc2cc(OC)c(OC(C)C)cc2C1=O. The summed E-state index contributed by atoms with van der Waals surface area (Å²) in [6.07, 6.45) is 0.708. The van der Waals surface area contributed by atoms with Crippen molar-refractivity contribution in [2.24, 2.45) is 5.92 Å². The highest BCUT2D eigenvalue weighted by molar-refractivity contribution is 6.39. The molecule has 24 heavy (non-hydrogen) atoms. The molecule has 0 saturated heterocycles. The Kier molecular flexibility index (Phi) is 5.59. The van der Waals surface area contributed by atoms with Crippen molar-refractivity contribution in [1.29, 1.82) is 0 Å². The second-order valence-electron chi connectivity index (χ2n) is 5.87. The van der Waals surface area contributed by atoms with Crippen LogP contribution >= 0.6 is 0 Å². The van der Waals surface area contributed by atoms with Crippen LogP contribution in [-0.2, 0) is 20.7 Å². The molecule has 0 amide bonds. The Morgan fingerprint density at radius 3 is 2.54 bits per heavy atom. The molecule has 1 aliphatic carbocycles. The maximum absolute atomic E-state index is 12.7. The van der Waals surface area contributed by atoms with E-state index in [1.165, 1.54) is 7.11 Å². The summed E-state index contributed by atoms with van der Waals surface area (Å²) < 4.78 is 15.7. The molecule has 2 rings (SSSR count). The van der Waals surface area contributed by atoms with Gasteiger partial charge in [-0.05, 0) is 51.3 Å². The van der Waals surface area contributed by atoms with Crippen molar-refractivity contribution in [2.45, 2.75) is 39.7 Å². The van der Waals surface area contributed by atoms with Gasteiger partial charge in [0.1, 0.15) is 0 Å². The van der Waals surface area contributed by atoms with E-state index in [0.717, 1.165) is 5.56 Å². The summed E-state index contributed by atoms with van der Waals surface area (Å²) in [4.78, 5) is 36.5. The number of aryl methyl sites for hydroxylation is 1. The smallest absolute Gasteiger partial charge is 0.375 e. The normalized spacial score (nSPS) is 16.5. The van der Waals surface area contributed by atoms with Gasteiger partial charge in [0.05, 0.1) is 25.7 Å². The zero-order valence-corrected chi connectivity index (χ0v) is 14.4. The largest absolute Gasteiger partial charge is 0.493 e. The molecule has 0 radical (unpaired) electrons. The van der Waals surface area contributed by atoms with Crippen molar-refractivity contribution >= 4 is 17.5 Å². The molecule has 0 bridgehead atoms. The van der Waals surface area contributed by atoms with Gasteiger partial charge in [-0.15, -0.1) is 0 Å². The number of Topliss-reactive ketones (excluding diaryl/α,β-unsaturated/α-hetero) is 2. The first kappa shape index (κ1) is 18.0. The molecule has 0 N–H and O–H groups in total. The van der Waals surface area contributed by atoms with Gasteiger partial charge in [0.15, 0.2) is 17.3 Å². The maximum atomic E-state index is 12.7. The third-order valence-electron chi connectivity index (χ3n) is 3.83. The van der Waals surface area contributed by atoms with Crippen molar-refractivity contribution in [3.8, 4) is 11.5 Å². The number of ether oxygens (including phenoxy) is 3. The number of hydrogen-bond acceptors (Lipinski definition) is 6. The minimum absolute atomic E-state index is 0.0902. The Labute approximate surface area is 141 Å². The van der Waals surface area contributed by atoms with Crippen LogP contribution in [0, 0.1) is 5.92 Å². The summed E-state index contributed by atoms with van der Waals surface area (Å²) in [5.74, 6) is -2.10. The van der Waals surface area contributed by atoms with E-state index >= 15 is 0 Å². The van der Waals surface area contributed by atoms with Crippen LogP contribution in [0.25, 0.3) is 0 Å². The molecule has 0 aromatic heterocycles. The van der Waals surface area contributed by atoms with Gasteiger partial charge in [-0.3, -0.25) is 9.59 Å². The second-order valence-corrected chi connectivity index (χ2v) is 5.87. The Hall–Kier alpha value is -2.37. The van der Waals surface area contributed by atoms with Crippen LogP contribution in [0.4, 0.5) is 0 Å². The minimum atomic E-state index is -0.989. The first-order valence-corrected chi connectivity index (χ1v) is 8.01. The van der Waals surface area contributed by atoms with Gasteiger partial charge in [0.2, 0.25) is 0 Å². The van der Waals surface area contributed by atoms with E-state index in [2.05, 4.69) is 0 Å². The van der Waals surface area contributed by atoms with E-state index in [-0.39, 0.29) is 24.9 Å². The third-order valence-corrected chi connectivity index (χ3v) is 3.83. The van der Waals surface area contributed by atoms with Gasteiger partial charge in [0, 0.05) is 5.56 Å². The van der Waals surface area contributed by atoms with Gasteiger partial charge < -0.3 is 14.2 Å². The summed E-state index contributed by atoms with van der Waals surface area (Å²) in [5.41, 5.74) is 1.20.